The molecule has 1 N–H and O–H groups in total. The van der Waals surface area contributed by atoms with Crippen molar-refractivity contribution in [2.75, 3.05) is 18.2 Å². The van der Waals surface area contributed by atoms with Crippen LogP contribution in [0.1, 0.15) is 23.7 Å². The zero-order valence-corrected chi connectivity index (χ0v) is 23.3. The molecule has 0 aliphatic heterocycles. The lowest BCUT2D eigenvalue weighted by atomic mass is 10.1. The maximum atomic E-state index is 12.9. The largest absolute Gasteiger partial charge is 0.497 e. The Labute approximate surface area is 235 Å². The summed E-state index contributed by atoms with van der Waals surface area (Å²) in [7, 11) is 1.62. The van der Waals surface area contributed by atoms with Crippen molar-refractivity contribution in [2.45, 2.75) is 25.1 Å². The number of nitrogens with one attached hydrogen (secondary N) is 1. The third-order valence-electron chi connectivity index (χ3n) is 5.81. The minimum Gasteiger partial charge on any atom is -0.497 e. The van der Waals surface area contributed by atoms with Gasteiger partial charge in [-0.05, 0) is 38.1 Å². The summed E-state index contributed by atoms with van der Waals surface area (Å²) in [5, 5.41) is 12.9. The summed E-state index contributed by atoms with van der Waals surface area (Å²) >= 11 is 2.77. The van der Waals surface area contributed by atoms with Crippen molar-refractivity contribution >= 4 is 34.1 Å². The van der Waals surface area contributed by atoms with E-state index in [0.29, 0.717) is 27.6 Å². The van der Waals surface area contributed by atoms with E-state index in [1.165, 1.54) is 23.1 Å². The Bertz CT molecular complexity index is 1550. The van der Waals surface area contributed by atoms with Gasteiger partial charge in [-0.2, -0.15) is 0 Å². The number of aryl methyl sites for hydroxylation is 1. The third-order valence-corrected chi connectivity index (χ3v) is 7.63. The van der Waals surface area contributed by atoms with Crippen molar-refractivity contribution < 1.29 is 14.3 Å². The maximum absolute atomic E-state index is 12.9. The third kappa shape index (κ3) is 6.30. The second-order valence-electron chi connectivity index (χ2n) is 8.58. The Morgan fingerprint density at radius 3 is 2.46 bits per heavy atom. The first kappa shape index (κ1) is 26.5. The molecule has 5 aromatic rings. The van der Waals surface area contributed by atoms with Gasteiger partial charge in [-0.15, -0.1) is 21.5 Å². The van der Waals surface area contributed by atoms with Crippen LogP contribution in [0.4, 0.5) is 5.13 Å². The number of aromatic nitrogens is 4. The molecule has 0 aliphatic rings. The van der Waals surface area contributed by atoms with Gasteiger partial charge in [-0.25, -0.2) is 4.98 Å². The molecule has 3 aromatic carbocycles. The number of rotatable bonds is 10. The fourth-order valence-corrected chi connectivity index (χ4v) is 5.60. The summed E-state index contributed by atoms with van der Waals surface area (Å²) in [6.45, 7) is 3.92. The summed E-state index contributed by atoms with van der Waals surface area (Å²) in [6.07, 6.45) is -0.414. The van der Waals surface area contributed by atoms with E-state index in [-0.39, 0.29) is 11.7 Å². The van der Waals surface area contributed by atoms with Gasteiger partial charge in [0, 0.05) is 22.2 Å². The highest BCUT2D eigenvalue weighted by Crippen LogP contribution is 2.31. The molecule has 0 aliphatic carbocycles. The van der Waals surface area contributed by atoms with E-state index < -0.39 is 6.10 Å². The topological polar surface area (TPSA) is 91.2 Å². The van der Waals surface area contributed by atoms with Crippen molar-refractivity contribution in [2.24, 2.45) is 0 Å². The summed E-state index contributed by atoms with van der Waals surface area (Å²) in [4.78, 5) is 18.6. The number of carbonyl (C=O) groups is 1. The summed E-state index contributed by atoms with van der Waals surface area (Å²) in [6, 6.07) is 27.1. The van der Waals surface area contributed by atoms with Gasteiger partial charge in [-0.1, -0.05) is 66.4 Å². The van der Waals surface area contributed by atoms with Crippen LogP contribution in [0, 0.1) is 6.92 Å². The lowest BCUT2D eigenvalue weighted by Gasteiger charge is -2.17. The number of para-hydroxylation sites is 1. The molecule has 1 atom stereocenters. The molecule has 0 spiro atoms. The zero-order chi connectivity index (χ0) is 27.2. The number of nitrogens with zero attached hydrogens (tertiary/aromatic N) is 4. The minimum absolute atomic E-state index is 0.148. The molecule has 0 bridgehead atoms. The number of anilines is 1. The second kappa shape index (κ2) is 12.1. The number of benzene rings is 3. The average Bonchev–Trinajstić information content (AvgIpc) is 3.56. The Kier molecular flexibility index (Phi) is 8.24. The molecule has 1 amide bonds. The van der Waals surface area contributed by atoms with Crippen molar-refractivity contribution in [3.63, 3.8) is 0 Å². The van der Waals surface area contributed by atoms with Crippen molar-refractivity contribution in [3.8, 4) is 28.4 Å². The van der Waals surface area contributed by atoms with Gasteiger partial charge in [-0.3, -0.25) is 9.36 Å². The number of methoxy groups -OCH3 is 1. The van der Waals surface area contributed by atoms with E-state index in [1.54, 1.807) is 7.11 Å². The van der Waals surface area contributed by atoms with Crippen LogP contribution in [-0.2, 0) is 4.79 Å². The molecule has 198 valence electrons. The Hall–Kier alpha value is -4.15. The van der Waals surface area contributed by atoms with E-state index in [1.807, 2.05) is 103 Å². The number of carbonyl (C=O) groups excluding carboxylic acids is 1. The van der Waals surface area contributed by atoms with Crippen LogP contribution in [0.2, 0.25) is 0 Å². The SMILES string of the molecule is COc1cccc(OC(C)c2nnc(SCC(=O)Nc3nc(-c4ccccc4)c(C)s3)n2-c2ccccc2)c1. The zero-order valence-electron chi connectivity index (χ0n) is 21.7. The quantitative estimate of drug-likeness (QED) is 0.194. The number of thiazole rings is 1. The molecule has 0 radical (unpaired) electrons. The Morgan fingerprint density at radius 1 is 1.00 bits per heavy atom. The maximum Gasteiger partial charge on any atom is 0.236 e. The van der Waals surface area contributed by atoms with Gasteiger partial charge in [0.1, 0.15) is 11.5 Å². The summed E-state index contributed by atoms with van der Waals surface area (Å²) in [5.74, 6) is 1.97. The van der Waals surface area contributed by atoms with Crippen LogP contribution in [0.15, 0.2) is 90.1 Å². The number of amides is 1. The van der Waals surface area contributed by atoms with Crippen molar-refractivity contribution in [1.82, 2.24) is 19.7 Å². The molecule has 2 heterocycles. The molecular weight excluding hydrogens is 530 g/mol. The number of thioether (sulfide) groups is 1. The van der Waals surface area contributed by atoms with Gasteiger partial charge in [0.15, 0.2) is 22.2 Å². The molecule has 0 fully saturated rings. The fourth-order valence-electron chi connectivity index (χ4n) is 3.99. The fraction of sp³-hybridized carbons (Fsp3) is 0.172. The first-order valence-corrected chi connectivity index (χ1v) is 14.1. The van der Waals surface area contributed by atoms with Crippen LogP contribution >= 0.6 is 23.1 Å². The van der Waals surface area contributed by atoms with Crippen LogP contribution in [0.3, 0.4) is 0 Å². The number of hydrogen-bond donors (Lipinski definition) is 1. The lowest BCUT2D eigenvalue weighted by Crippen LogP contribution is -2.15. The van der Waals surface area contributed by atoms with Gasteiger partial charge in [0.2, 0.25) is 5.91 Å². The van der Waals surface area contributed by atoms with Crippen LogP contribution < -0.4 is 14.8 Å². The van der Waals surface area contributed by atoms with E-state index in [2.05, 4.69) is 20.5 Å². The smallest absolute Gasteiger partial charge is 0.236 e. The van der Waals surface area contributed by atoms with Gasteiger partial charge < -0.3 is 14.8 Å². The highest BCUT2D eigenvalue weighted by atomic mass is 32.2. The van der Waals surface area contributed by atoms with E-state index in [0.717, 1.165) is 21.8 Å². The molecule has 8 nitrogen and oxygen atoms in total. The van der Waals surface area contributed by atoms with Crippen LogP contribution in [0.25, 0.3) is 16.9 Å². The highest BCUT2D eigenvalue weighted by Gasteiger charge is 2.22. The molecule has 0 saturated carbocycles. The van der Waals surface area contributed by atoms with Gasteiger partial charge in [0.05, 0.1) is 18.6 Å². The molecule has 39 heavy (non-hydrogen) atoms. The van der Waals surface area contributed by atoms with Gasteiger partial charge >= 0.3 is 0 Å². The van der Waals surface area contributed by atoms with Crippen LogP contribution in [-0.4, -0.2) is 38.5 Å². The molecular formula is C29H27N5O3S2. The van der Waals surface area contributed by atoms with E-state index in [9.17, 15) is 4.79 Å². The lowest BCUT2D eigenvalue weighted by molar-refractivity contribution is -0.113. The second-order valence-corrected chi connectivity index (χ2v) is 10.7. The van der Waals surface area contributed by atoms with Crippen molar-refractivity contribution in [3.05, 3.63) is 95.6 Å². The first-order chi connectivity index (χ1) is 19.0. The predicted molar refractivity (Wildman–Crippen MR) is 155 cm³/mol. The number of hydrogen-bond acceptors (Lipinski definition) is 8. The molecule has 2 aromatic heterocycles. The van der Waals surface area contributed by atoms with Crippen LogP contribution in [0.5, 0.6) is 11.5 Å². The average molecular weight is 558 g/mol. The summed E-state index contributed by atoms with van der Waals surface area (Å²) in [5.41, 5.74) is 2.78. The highest BCUT2D eigenvalue weighted by molar-refractivity contribution is 7.99. The van der Waals surface area contributed by atoms with E-state index in [4.69, 9.17) is 9.47 Å². The predicted octanol–water partition coefficient (Wildman–Crippen LogP) is 6.58. The molecule has 0 saturated heterocycles. The summed E-state index contributed by atoms with van der Waals surface area (Å²) < 4.78 is 13.4. The van der Waals surface area contributed by atoms with Gasteiger partial charge in [0.25, 0.3) is 0 Å². The Balaban J connectivity index is 1.32. The number of ether oxygens (including phenoxy) is 2. The molecule has 1 unspecified atom stereocenters. The minimum atomic E-state index is -0.414. The molecule has 10 heteroatoms. The van der Waals surface area contributed by atoms with E-state index >= 15 is 0 Å². The molecule has 5 rings (SSSR count). The Morgan fingerprint density at radius 2 is 1.72 bits per heavy atom. The monoisotopic (exact) mass is 557 g/mol. The standard InChI is InChI=1S/C29H27N5O3S2/c1-19(37-24-16-10-15-23(17-24)36-3)27-32-33-29(34(27)22-13-8-5-9-14-22)38-18-25(35)30-28-31-26(20(2)39-28)21-11-6-4-7-12-21/h4-17,19H,18H2,1-3H3,(H,30,31,35). The first-order valence-electron chi connectivity index (χ1n) is 12.3. The van der Waals surface area contributed by atoms with Crippen molar-refractivity contribution in [1.29, 1.82) is 0 Å². The normalized spacial score (nSPS) is 11.7.